The van der Waals surface area contributed by atoms with Crippen LogP contribution in [-0.4, -0.2) is 9.55 Å². The van der Waals surface area contributed by atoms with Crippen molar-refractivity contribution >= 4 is 26.7 Å². The van der Waals surface area contributed by atoms with Crippen LogP contribution in [0.25, 0.3) is 22.2 Å². The monoisotopic (exact) mass is 326 g/mol. The van der Waals surface area contributed by atoms with E-state index < -0.39 is 0 Å². The topological polar surface area (TPSA) is 17.8 Å². The number of nitrogens with zero attached hydrogens (tertiary/aromatic N) is 2. The first-order valence-corrected chi connectivity index (χ1v) is 7.87. The Hall–Kier alpha value is -1.61. The van der Waals surface area contributed by atoms with Crippen LogP contribution < -0.4 is 0 Å². The highest BCUT2D eigenvalue weighted by molar-refractivity contribution is 9.10. The Morgan fingerprint density at radius 3 is 2.80 bits per heavy atom. The molecule has 0 amide bonds. The molecular weight excluding hydrogens is 312 g/mol. The van der Waals surface area contributed by atoms with Gasteiger partial charge in [-0.1, -0.05) is 42.5 Å². The molecule has 4 rings (SSSR count). The van der Waals surface area contributed by atoms with Gasteiger partial charge in [0.1, 0.15) is 10.4 Å². The van der Waals surface area contributed by atoms with Gasteiger partial charge in [-0.05, 0) is 46.0 Å². The average Bonchev–Trinajstić information content (AvgIpc) is 2.84. The van der Waals surface area contributed by atoms with Gasteiger partial charge in [0.25, 0.3) is 0 Å². The Kier molecular flexibility index (Phi) is 2.88. The Balaban J connectivity index is 2.00. The molecule has 0 bridgehead atoms. The van der Waals surface area contributed by atoms with Crippen LogP contribution in [-0.2, 0) is 13.0 Å². The van der Waals surface area contributed by atoms with Gasteiger partial charge in [-0.3, -0.25) is 0 Å². The third-order valence-corrected chi connectivity index (χ3v) is 4.73. The molecule has 0 saturated heterocycles. The summed E-state index contributed by atoms with van der Waals surface area (Å²) in [4.78, 5) is 4.79. The predicted octanol–water partition coefficient (Wildman–Crippen LogP) is 4.80. The third kappa shape index (κ3) is 1.80. The van der Waals surface area contributed by atoms with Crippen LogP contribution in [0.5, 0.6) is 0 Å². The van der Waals surface area contributed by atoms with Gasteiger partial charge < -0.3 is 4.57 Å². The summed E-state index contributed by atoms with van der Waals surface area (Å²) in [6.45, 7) is 1.08. The predicted molar refractivity (Wildman–Crippen MR) is 85.8 cm³/mol. The molecule has 1 aliphatic rings. The van der Waals surface area contributed by atoms with E-state index in [9.17, 15) is 0 Å². The van der Waals surface area contributed by atoms with E-state index in [0.717, 1.165) is 23.4 Å². The number of fused-ring (bicyclic) bond motifs is 2. The third-order valence-electron chi connectivity index (χ3n) is 4.10. The largest absolute Gasteiger partial charge is 0.327 e. The summed E-state index contributed by atoms with van der Waals surface area (Å²) < 4.78 is 3.40. The highest BCUT2D eigenvalue weighted by Gasteiger charge is 2.20. The highest BCUT2D eigenvalue weighted by atomic mass is 79.9. The van der Waals surface area contributed by atoms with Crippen LogP contribution >= 0.6 is 15.9 Å². The second-order valence-electron chi connectivity index (χ2n) is 5.31. The molecule has 3 heteroatoms. The number of halogens is 1. The van der Waals surface area contributed by atoms with Gasteiger partial charge in [-0.2, -0.15) is 0 Å². The second-order valence-corrected chi connectivity index (χ2v) is 6.06. The lowest BCUT2D eigenvalue weighted by molar-refractivity contribution is 0.535. The number of benzene rings is 2. The molecule has 1 aromatic heterocycles. The molecule has 0 unspecified atom stereocenters. The van der Waals surface area contributed by atoms with E-state index in [4.69, 9.17) is 4.98 Å². The lowest BCUT2D eigenvalue weighted by Crippen LogP contribution is -2.11. The SMILES string of the molecule is Brc1nc(-c2cccc3ccccc23)n2c1CCCC2. The minimum atomic E-state index is 1.01. The lowest BCUT2D eigenvalue weighted by atomic mass is 10.0. The zero-order chi connectivity index (χ0) is 13.5. The number of aromatic nitrogens is 2. The van der Waals surface area contributed by atoms with E-state index in [0.29, 0.717) is 0 Å². The molecule has 0 atom stereocenters. The maximum absolute atomic E-state index is 4.79. The average molecular weight is 327 g/mol. The summed E-state index contributed by atoms with van der Waals surface area (Å²) in [5, 5.41) is 2.55. The molecule has 0 fully saturated rings. The van der Waals surface area contributed by atoms with Gasteiger partial charge in [-0.15, -0.1) is 0 Å². The van der Waals surface area contributed by atoms with Crippen molar-refractivity contribution < 1.29 is 0 Å². The second kappa shape index (κ2) is 4.74. The maximum atomic E-state index is 4.79. The zero-order valence-electron chi connectivity index (χ0n) is 11.1. The lowest BCUT2D eigenvalue weighted by Gasteiger charge is -2.17. The summed E-state index contributed by atoms with van der Waals surface area (Å²) in [5.74, 6) is 1.10. The van der Waals surface area contributed by atoms with Crippen LogP contribution in [0.3, 0.4) is 0 Å². The summed E-state index contributed by atoms with van der Waals surface area (Å²) in [6.07, 6.45) is 3.63. The summed E-state index contributed by atoms with van der Waals surface area (Å²) in [6, 6.07) is 15.0. The van der Waals surface area contributed by atoms with Crippen molar-refractivity contribution in [1.29, 1.82) is 0 Å². The van der Waals surface area contributed by atoms with Gasteiger partial charge in [0.2, 0.25) is 0 Å². The van der Waals surface area contributed by atoms with Crippen molar-refractivity contribution in [2.24, 2.45) is 0 Å². The maximum Gasteiger partial charge on any atom is 0.142 e. The molecule has 100 valence electrons. The van der Waals surface area contributed by atoms with E-state index in [1.165, 1.54) is 34.9 Å². The first-order valence-electron chi connectivity index (χ1n) is 7.07. The number of rotatable bonds is 1. The number of imidazole rings is 1. The van der Waals surface area contributed by atoms with Crippen LogP contribution in [0.2, 0.25) is 0 Å². The number of hydrogen-bond acceptors (Lipinski definition) is 1. The Labute approximate surface area is 126 Å². The normalized spacial score (nSPS) is 14.4. The molecular formula is C17H15BrN2. The van der Waals surface area contributed by atoms with Gasteiger partial charge in [0, 0.05) is 12.1 Å². The smallest absolute Gasteiger partial charge is 0.142 e. The first kappa shape index (κ1) is 12.2. The first-order chi connectivity index (χ1) is 9.84. The summed E-state index contributed by atoms with van der Waals surface area (Å²) in [5.41, 5.74) is 2.58. The van der Waals surface area contributed by atoms with E-state index in [2.05, 4.69) is 63.0 Å². The minimum Gasteiger partial charge on any atom is -0.327 e. The van der Waals surface area contributed by atoms with Crippen molar-refractivity contribution in [3.63, 3.8) is 0 Å². The Morgan fingerprint density at radius 2 is 1.85 bits per heavy atom. The van der Waals surface area contributed by atoms with Crippen molar-refractivity contribution in [2.75, 3.05) is 0 Å². The van der Waals surface area contributed by atoms with Gasteiger partial charge in [-0.25, -0.2) is 4.98 Å². The fourth-order valence-corrected chi connectivity index (χ4v) is 3.70. The minimum absolute atomic E-state index is 1.01. The molecule has 20 heavy (non-hydrogen) atoms. The molecule has 0 aliphatic carbocycles. The van der Waals surface area contributed by atoms with Crippen molar-refractivity contribution in [2.45, 2.75) is 25.8 Å². The van der Waals surface area contributed by atoms with E-state index in [1.54, 1.807) is 0 Å². The highest BCUT2D eigenvalue weighted by Crippen LogP contribution is 2.33. The van der Waals surface area contributed by atoms with Crippen LogP contribution in [0.15, 0.2) is 47.1 Å². The Morgan fingerprint density at radius 1 is 1.00 bits per heavy atom. The number of hydrogen-bond donors (Lipinski definition) is 0. The van der Waals surface area contributed by atoms with Crippen molar-refractivity contribution in [1.82, 2.24) is 9.55 Å². The molecule has 2 heterocycles. The van der Waals surface area contributed by atoms with Gasteiger partial charge >= 0.3 is 0 Å². The molecule has 1 aliphatic heterocycles. The Bertz CT molecular complexity index is 784. The van der Waals surface area contributed by atoms with Gasteiger partial charge in [0.05, 0.1) is 5.69 Å². The molecule has 0 saturated carbocycles. The summed E-state index contributed by atoms with van der Waals surface area (Å²) in [7, 11) is 0. The molecule has 0 N–H and O–H groups in total. The van der Waals surface area contributed by atoms with Crippen molar-refractivity contribution in [3.8, 4) is 11.4 Å². The quantitative estimate of drug-likeness (QED) is 0.628. The molecule has 2 nitrogen and oxygen atoms in total. The van der Waals surface area contributed by atoms with Crippen LogP contribution in [0.1, 0.15) is 18.5 Å². The van der Waals surface area contributed by atoms with Crippen LogP contribution in [0.4, 0.5) is 0 Å². The molecule has 0 radical (unpaired) electrons. The van der Waals surface area contributed by atoms with Gasteiger partial charge in [0.15, 0.2) is 0 Å². The zero-order valence-corrected chi connectivity index (χ0v) is 12.7. The molecule has 3 aromatic rings. The fourth-order valence-electron chi connectivity index (χ4n) is 3.12. The summed E-state index contributed by atoms with van der Waals surface area (Å²) >= 11 is 3.63. The van der Waals surface area contributed by atoms with E-state index in [-0.39, 0.29) is 0 Å². The van der Waals surface area contributed by atoms with E-state index >= 15 is 0 Å². The molecule has 0 spiro atoms. The van der Waals surface area contributed by atoms with E-state index in [1.807, 2.05) is 0 Å². The fraction of sp³-hybridized carbons (Fsp3) is 0.235. The van der Waals surface area contributed by atoms with Crippen molar-refractivity contribution in [3.05, 3.63) is 52.8 Å². The standard InChI is InChI=1S/C17H15BrN2/c18-16-15-10-3-4-11-20(15)17(19-16)14-9-5-7-12-6-1-2-8-13(12)14/h1-2,5-9H,3-4,10-11H2. The molecule has 2 aromatic carbocycles. The van der Waals surface area contributed by atoms with Crippen LogP contribution in [0, 0.1) is 0 Å².